The van der Waals surface area contributed by atoms with Crippen LogP contribution in [-0.2, 0) is 11.0 Å². The molecule has 4 aliphatic rings. The maximum Gasteiger partial charge on any atom is 0.416 e. The fraction of sp³-hybridized carbons (Fsp3) is 0.520. The molecule has 3 heterocycles. The number of aliphatic hydroxyl groups is 1. The summed E-state index contributed by atoms with van der Waals surface area (Å²) in [6, 6.07) is 5.61. The smallest absolute Gasteiger partial charge is 0.396 e. The first kappa shape index (κ1) is 23.0. The fourth-order valence-corrected chi connectivity index (χ4v) is 5.73. The van der Waals surface area contributed by atoms with Crippen LogP contribution in [0.25, 0.3) is 0 Å². The molecule has 180 valence electrons. The number of halogens is 3. The SMILES string of the molecule is O=C(C1=N[C@H]2CCC=C(CCO)C=NC2=N1)N1C[C@H]2CC(c3ccccc3C(F)(F)F)C[C@H]2C1. The summed E-state index contributed by atoms with van der Waals surface area (Å²) in [4.78, 5) is 28.2. The van der Waals surface area contributed by atoms with Gasteiger partial charge in [-0.15, -0.1) is 0 Å². The van der Waals surface area contributed by atoms with Gasteiger partial charge in [-0.2, -0.15) is 13.2 Å². The van der Waals surface area contributed by atoms with Crippen LogP contribution in [0.2, 0.25) is 0 Å². The van der Waals surface area contributed by atoms with Crippen molar-refractivity contribution in [2.24, 2.45) is 26.8 Å². The minimum atomic E-state index is -4.36. The Morgan fingerprint density at radius 2 is 1.88 bits per heavy atom. The maximum absolute atomic E-state index is 13.5. The summed E-state index contributed by atoms with van der Waals surface area (Å²) >= 11 is 0. The highest BCUT2D eigenvalue weighted by Gasteiger charge is 2.46. The minimum absolute atomic E-state index is 0.0495. The quantitative estimate of drug-likeness (QED) is 0.719. The number of rotatable bonds is 4. The Balaban J connectivity index is 1.24. The molecule has 34 heavy (non-hydrogen) atoms. The van der Waals surface area contributed by atoms with Crippen LogP contribution in [0, 0.1) is 11.8 Å². The Morgan fingerprint density at radius 3 is 2.59 bits per heavy atom. The topological polar surface area (TPSA) is 77.6 Å². The average Bonchev–Trinajstić information content (AvgIpc) is 3.48. The molecule has 1 unspecified atom stereocenters. The molecule has 0 aromatic heterocycles. The Labute approximate surface area is 196 Å². The largest absolute Gasteiger partial charge is 0.416 e. The summed E-state index contributed by atoms with van der Waals surface area (Å²) in [6.07, 6.45) is 2.65. The van der Waals surface area contributed by atoms with Crippen molar-refractivity contribution < 1.29 is 23.1 Å². The molecule has 9 heteroatoms. The summed E-state index contributed by atoms with van der Waals surface area (Å²) in [5.41, 5.74) is 0.769. The molecule has 1 amide bonds. The number of aliphatic imine (C=N–C) groups is 3. The monoisotopic (exact) mass is 472 g/mol. The van der Waals surface area contributed by atoms with E-state index in [0.717, 1.165) is 18.1 Å². The van der Waals surface area contributed by atoms with E-state index in [1.165, 1.54) is 6.07 Å². The van der Waals surface area contributed by atoms with Gasteiger partial charge >= 0.3 is 6.18 Å². The van der Waals surface area contributed by atoms with Crippen molar-refractivity contribution >= 4 is 23.8 Å². The highest BCUT2D eigenvalue weighted by Crippen LogP contribution is 2.48. The number of benzene rings is 1. The number of hydrogen-bond donors (Lipinski definition) is 1. The van der Waals surface area contributed by atoms with Gasteiger partial charge in [0.1, 0.15) is 6.04 Å². The third-order valence-electron chi connectivity index (χ3n) is 7.34. The van der Waals surface area contributed by atoms with Crippen LogP contribution in [0.3, 0.4) is 0 Å². The molecule has 1 saturated heterocycles. The first-order valence-electron chi connectivity index (χ1n) is 11.8. The second kappa shape index (κ2) is 9.09. The number of fused-ring (bicyclic) bond motifs is 2. The summed E-state index contributed by atoms with van der Waals surface area (Å²) in [6.45, 7) is 1.09. The fourth-order valence-electron chi connectivity index (χ4n) is 5.73. The standard InChI is InChI=1S/C25H27F3N4O2/c26-25(27,28)20-6-2-1-5-19(20)16-10-17-13-32(14-18(17)11-16)24(34)23-30-21-7-3-4-15(8-9-33)12-29-22(21)31-23/h1-2,4-6,12,16-18,21,33H,3,7-11,13-14H2/t16?,17-,18+,21-/m0/s1. The van der Waals surface area contributed by atoms with E-state index >= 15 is 0 Å². The van der Waals surface area contributed by atoms with Gasteiger partial charge in [-0.1, -0.05) is 24.3 Å². The molecule has 4 atom stereocenters. The van der Waals surface area contributed by atoms with Crippen molar-refractivity contribution in [2.45, 2.75) is 50.2 Å². The normalized spacial score (nSPS) is 28.6. The van der Waals surface area contributed by atoms with Gasteiger partial charge < -0.3 is 10.0 Å². The Kier molecular flexibility index (Phi) is 6.14. The number of likely N-dealkylation sites (tertiary alicyclic amines) is 1. The van der Waals surface area contributed by atoms with E-state index in [2.05, 4.69) is 15.0 Å². The van der Waals surface area contributed by atoms with Gasteiger partial charge in [0.15, 0.2) is 5.84 Å². The number of hydrogen-bond acceptors (Lipinski definition) is 5. The number of nitrogens with zero attached hydrogens (tertiary/aromatic N) is 4. The number of carbonyl (C=O) groups is 1. The lowest BCUT2D eigenvalue weighted by Gasteiger charge is -2.21. The Bertz CT molecular complexity index is 1080. The van der Waals surface area contributed by atoms with Crippen molar-refractivity contribution in [3.63, 3.8) is 0 Å². The van der Waals surface area contributed by atoms with E-state index in [9.17, 15) is 18.0 Å². The Hall–Kier alpha value is -2.81. The Morgan fingerprint density at radius 1 is 1.15 bits per heavy atom. The van der Waals surface area contributed by atoms with Crippen LogP contribution in [0.4, 0.5) is 13.2 Å². The summed E-state index contributed by atoms with van der Waals surface area (Å²) in [5, 5.41) is 9.15. The minimum Gasteiger partial charge on any atom is -0.396 e. The predicted octanol–water partition coefficient (Wildman–Crippen LogP) is 4.01. The van der Waals surface area contributed by atoms with Crippen molar-refractivity contribution in [2.75, 3.05) is 19.7 Å². The summed E-state index contributed by atoms with van der Waals surface area (Å²) < 4.78 is 40.4. The van der Waals surface area contributed by atoms with Crippen molar-refractivity contribution in [3.8, 4) is 0 Å². The number of allylic oxidation sites excluding steroid dienone is 1. The van der Waals surface area contributed by atoms with E-state index in [4.69, 9.17) is 5.11 Å². The van der Waals surface area contributed by atoms with Crippen LogP contribution >= 0.6 is 0 Å². The summed E-state index contributed by atoms with van der Waals surface area (Å²) in [7, 11) is 0. The highest BCUT2D eigenvalue weighted by molar-refractivity contribution is 6.41. The molecular formula is C25H27F3N4O2. The molecule has 1 aromatic rings. The van der Waals surface area contributed by atoms with Gasteiger partial charge in [0.2, 0.25) is 5.84 Å². The number of alkyl halides is 3. The predicted molar refractivity (Wildman–Crippen MR) is 123 cm³/mol. The van der Waals surface area contributed by atoms with Gasteiger partial charge in [-0.3, -0.25) is 9.79 Å². The molecule has 0 radical (unpaired) electrons. The van der Waals surface area contributed by atoms with Gasteiger partial charge in [0, 0.05) is 25.9 Å². The molecule has 6 nitrogen and oxygen atoms in total. The molecule has 1 aromatic carbocycles. The van der Waals surface area contributed by atoms with E-state index < -0.39 is 11.7 Å². The molecule has 2 fully saturated rings. The molecule has 1 saturated carbocycles. The zero-order chi connectivity index (χ0) is 23.9. The zero-order valence-electron chi connectivity index (χ0n) is 18.7. The number of amidine groups is 2. The van der Waals surface area contributed by atoms with Crippen molar-refractivity contribution in [1.82, 2.24) is 4.90 Å². The lowest BCUT2D eigenvalue weighted by Crippen LogP contribution is -2.34. The number of aliphatic hydroxyl groups excluding tert-OH is 1. The molecule has 3 aliphatic heterocycles. The summed E-state index contributed by atoms with van der Waals surface area (Å²) in [5.74, 6) is 0.694. The highest BCUT2D eigenvalue weighted by atomic mass is 19.4. The molecule has 1 aliphatic carbocycles. The first-order valence-corrected chi connectivity index (χ1v) is 11.8. The molecule has 1 N–H and O–H groups in total. The zero-order valence-corrected chi connectivity index (χ0v) is 18.7. The average molecular weight is 473 g/mol. The van der Waals surface area contributed by atoms with Crippen LogP contribution in [-0.4, -0.2) is 59.5 Å². The van der Waals surface area contributed by atoms with E-state index in [1.807, 2.05) is 6.08 Å². The maximum atomic E-state index is 13.5. The van der Waals surface area contributed by atoms with Gasteiger partial charge in [-0.25, -0.2) is 9.98 Å². The first-order chi connectivity index (χ1) is 16.3. The number of carbonyl (C=O) groups excluding carboxylic acids is 1. The van der Waals surface area contributed by atoms with E-state index in [-0.39, 0.29) is 42.1 Å². The second-order valence-electron chi connectivity index (χ2n) is 9.51. The number of amides is 1. The van der Waals surface area contributed by atoms with Gasteiger partial charge in [0.05, 0.1) is 5.56 Å². The van der Waals surface area contributed by atoms with Gasteiger partial charge in [0.25, 0.3) is 5.91 Å². The lowest BCUT2D eigenvalue weighted by molar-refractivity contribution is -0.138. The van der Waals surface area contributed by atoms with E-state index in [0.29, 0.717) is 50.2 Å². The molecule has 5 rings (SSSR count). The molecule has 0 spiro atoms. The van der Waals surface area contributed by atoms with Crippen LogP contribution in [0.5, 0.6) is 0 Å². The van der Waals surface area contributed by atoms with Crippen molar-refractivity contribution in [3.05, 3.63) is 47.0 Å². The van der Waals surface area contributed by atoms with Crippen LogP contribution < -0.4 is 0 Å². The third-order valence-corrected chi connectivity index (χ3v) is 7.34. The van der Waals surface area contributed by atoms with Crippen LogP contribution in [0.1, 0.15) is 49.1 Å². The second-order valence-corrected chi connectivity index (χ2v) is 9.51. The van der Waals surface area contributed by atoms with Crippen LogP contribution in [0.15, 0.2) is 50.9 Å². The van der Waals surface area contributed by atoms with Crippen molar-refractivity contribution in [1.29, 1.82) is 0 Å². The molecule has 0 bridgehead atoms. The van der Waals surface area contributed by atoms with E-state index in [1.54, 1.807) is 23.2 Å². The third kappa shape index (κ3) is 4.45. The molecular weight excluding hydrogens is 445 g/mol. The lowest BCUT2D eigenvalue weighted by atomic mass is 9.91. The van der Waals surface area contributed by atoms with Gasteiger partial charge in [-0.05, 0) is 67.1 Å².